The Bertz CT molecular complexity index is 631. The number of hydrogen-bond donors (Lipinski definition) is 1. The third-order valence-corrected chi connectivity index (χ3v) is 2.99. The minimum atomic E-state index is -0.377. The maximum atomic E-state index is 13.2. The van der Waals surface area contributed by atoms with Crippen LogP contribution in [0, 0.1) is 5.82 Å². The molecule has 0 aliphatic rings. The molecule has 0 unspecified atom stereocenters. The highest BCUT2D eigenvalue weighted by atomic mass is 32.1. The van der Waals surface area contributed by atoms with E-state index in [0.717, 1.165) is 5.56 Å². The molecule has 0 spiro atoms. The fourth-order valence-electron chi connectivity index (χ4n) is 1.76. The van der Waals surface area contributed by atoms with Crippen molar-refractivity contribution in [2.45, 2.75) is 6.61 Å². The van der Waals surface area contributed by atoms with Crippen LogP contribution in [-0.4, -0.2) is 12.1 Å². The van der Waals surface area contributed by atoms with Gasteiger partial charge in [-0.05, 0) is 29.8 Å². The van der Waals surface area contributed by atoms with E-state index in [4.69, 9.17) is 27.4 Å². The second-order valence-corrected chi connectivity index (χ2v) is 4.57. The van der Waals surface area contributed by atoms with Crippen molar-refractivity contribution in [1.82, 2.24) is 0 Å². The van der Waals surface area contributed by atoms with Crippen LogP contribution in [0.15, 0.2) is 42.5 Å². The van der Waals surface area contributed by atoms with E-state index >= 15 is 0 Å². The summed E-state index contributed by atoms with van der Waals surface area (Å²) in [5, 5.41) is 0. The van der Waals surface area contributed by atoms with Crippen molar-refractivity contribution in [3.05, 3.63) is 59.4 Å². The summed E-state index contributed by atoms with van der Waals surface area (Å²) >= 11 is 4.92. The first-order valence-corrected chi connectivity index (χ1v) is 6.36. The topological polar surface area (TPSA) is 44.5 Å². The number of methoxy groups -OCH3 is 1. The Morgan fingerprint density at radius 1 is 1.20 bits per heavy atom. The monoisotopic (exact) mass is 291 g/mol. The van der Waals surface area contributed by atoms with Crippen LogP contribution in [0.2, 0.25) is 0 Å². The first-order chi connectivity index (χ1) is 9.60. The number of ether oxygens (including phenoxy) is 2. The Balaban J connectivity index is 2.16. The van der Waals surface area contributed by atoms with E-state index in [1.807, 2.05) is 18.2 Å². The zero-order valence-corrected chi connectivity index (χ0v) is 11.7. The van der Waals surface area contributed by atoms with E-state index in [0.29, 0.717) is 17.1 Å². The molecular formula is C15H14FNO2S. The molecule has 0 heterocycles. The Morgan fingerprint density at radius 2 is 1.95 bits per heavy atom. The van der Waals surface area contributed by atoms with E-state index in [-0.39, 0.29) is 17.4 Å². The molecule has 0 saturated heterocycles. The first-order valence-electron chi connectivity index (χ1n) is 5.95. The first kappa shape index (κ1) is 14.3. The Morgan fingerprint density at radius 3 is 2.65 bits per heavy atom. The smallest absolute Gasteiger partial charge is 0.123 e. The van der Waals surface area contributed by atoms with Gasteiger partial charge in [0, 0.05) is 11.6 Å². The fourth-order valence-corrected chi connectivity index (χ4v) is 1.95. The van der Waals surface area contributed by atoms with Crippen LogP contribution < -0.4 is 15.2 Å². The van der Waals surface area contributed by atoms with Crippen molar-refractivity contribution in [2.24, 2.45) is 5.73 Å². The highest BCUT2D eigenvalue weighted by Gasteiger charge is 2.08. The van der Waals surface area contributed by atoms with Crippen molar-refractivity contribution < 1.29 is 13.9 Å². The summed E-state index contributed by atoms with van der Waals surface area (Å²) in [6.07, 6.45) is 0. The van der Waals surface area contributed by atoms with E-state index in [9.17, 15) is 4.39 Å². The van der Waals surface area contributed by atoms with Crippen molar-refractivity contribution in [3.8, 4) is 11.5 Å². The fraction of sp³-hybridized carbons (Fsp3) is 0.133. The largest absolute Gasteiger partial charge is 0.497 e. The molecule has 0 aliphatic heterocycles. The molecule has 104 valence electrons. The molecule has 0 amide bonds. The van der Waals surface area contributed by atoms with E-state index in [2.05, 4.69) is 0 Å². The summed E-state index contributed by atoms with van der Waals surface area (Å²) in [4.78, 5) is 0.147. The molecule has 5 heteroatoms. The van der Waals surface area contributed by atoms with Crippen LogP contribution in [0.25, 0.3) is 0 Å². The van der Waals surface area contributed by atoms with Crippen molar-refractivity contribution >= 4 is 17.2 Å². The van der Waals surface area contributed by atoms with Crippen LogP contribution in [0.3, 0.4) is 0 Å². The number of rotatable bonds is 5. The maximum Gasteiger partial charge on any atom is 0.123 e. The molecule has 0 atom stereocenters. The lowest BCUT2D eigenvalue weighted by Gasteiger charge is -2.11. The molecule has 2 aromatic rings. The van der Waals surface area contributed by atoms with Gasteiger partial charge < -0.3 is 15.2 Å². The average molecular weight is 291 g/mol. The lowest BCUT2D eigenvalue weighted by atomic mass is 10.1. The molecule has 0 saturated carbocycles. The molecule has 20 heavy (non-hydrogen) atoms. The Hall–Kier alpha value is -2.14. The van der Waals surface area contributed by atoms with Gasteiger partial charge in [-0.25, -0.2) is 4.39 Å². The maximum absolute atomic E-state index is 13.2. The number of halogens is 1. The number of benzene rings is 2. The highest BCUT2D eigenvalue weighted by molar-refractivity contribution is 7.80. The zero-order chi connectivity index (χ0) is 14.5. The van der Waals surface area contributed by atoms with Gasteiger partial charge in [0.15, 0.2) is 0 Å². The van der Waals surface area contributed by atoms with E-state index in [1.54, 1.807) is 19.2 Å². The predicted molar refractivity (Wildman–Crippen MR) is 79.6 cm³/mol. The average Bonchev–Trinajstić information content (AvgIpc) is 2.46. The highest BCUT2D eigenvalue weighted by Crippen LogP contribution is 2.21. The normalized spacial score (nSPS) is 10.1. The Labute approximate surface area is 122 Å². The molecule has 0 fully saturated rings. The van der Waals surface area contributed by atoms with E-state index in [1.165, 1.54) is 12.1 Å². The lowest BCUT2D eigenvalue weighted by molar-refractivity contribution is 0.303. The van der Waals surface area contributed by atoms with E-state index < -0.39 is 0 Å². The van der Waals surface area contributed by atoms with Gasteiger partial charge in [0.1, 0.15) is 28.9 Å². The minimum absolute atomic E-state index is 0.147. The number of nitrogens with two attached hydrogens (primary N) is 1. The van der Waals surface area contributed by atoms with Gasteiger partial charge >= 0.3 is 0 Å². The summed E-state index contributed by atoms with van der Waals surface area (Å²) in [6.45, 7) is 0.250. The van der Waals surface area contributed by atoms with Crippen LogP contribution in [0.4, 0.5) is 4.39 Å². The quantitative estimate of drug-likeness (QED) is 0.860. The van der Waals surface area contributed by atoms with Gasteiger partial charge in [0.25, 0.3) is 0 Å². The molecule has 0 aromatic heterocycles. The van der Waals surface area contributed by atoms with Crippen molar-refractivity contribution in [3.63, 3.8) is 0 Å². The SMILES string of the molecule is COc1cccc(OCc2ccc(F)cc2C(N)=S)c1. The van der Waals surface area contributed by atoms with Crippen LogP contribution in [0.5, 0.6) is 11.5 Å². The Kier molecular flexibility index (Phi) is 4.53. The molecular weight excluding hydrogens is 277 g/mol. The van der Waals surface area contributed by atoms with Gasteiger partial charge in [-0.2, -0.15) is 0 Å². The van der Waals surface area contributed by atoms with Gasteiger partial charge in [0.2, 0.25) is 0 Å². The summed E-state index contributed by atoms with van der Waals surface area (Å²) < 4.78 is 24.0. The summed E-state index contributed by atoms with van der Waals surface area (Å²) in [7, 11) is 1.59. The number of hydrogen-bond acceptors (Lipinski definition) is 3. The van der Waals surface area contributed by atoms with Crippen LogP contribution >= 0.6 is 12.2 Å². The summed E-state index contributed by atoms with van der Waals surface area (Å²) in [5.74, 6) is 0.983. The van der Waals surface area contributed by atoms with Gasteiger partial charge in [0.05, 0.1) is 7.11 Å². The summed E-state index contributed by atoms with van der Waals surface area (Å²) in [5.41, 5.74) is 6.81. The molecule has 0 radical (unpaired) electrons. The third kappa shape index (κ3) is 3.45. The minimum Gasteiger partial charge on any atom is -0.497 e. The van der Waals surface area contributed by atoms with Crippen LogP contribution in [-0.2, 0) is 6.61 Å². The molecule has 0 aliphatic carbocycles. The van der Waals surface area contributed by atoms with Crippen LogP contribution in [0.1, 0.15) is 11.1 Å². The molecule has 0 bridgehead atoms. The molecule has 2 rings (SSSR count). The van der Waals surface area contributed by atoms with Gasteiger partial charge in [-0.3, -0.25) is 0 Å². The second-order valence-electron chi connectivity index (χ2n) is 4.13. The second kappa shape index (κ2) is 6.34. The standard InChI is InChI=1S/C15H14FNO2S/c1-18-12-3-2-4-13(8-12)19-9-10-5-6-11(16)7-14(10)15(17)20/h2-8H,9H2,1H3,(H2,17,20). The van der Waals surface area contributed by atoms with Gasteiger partial charge in [-0.1, -0.05) is 24.4 Å². The zero-order valence-electron chi connectivity index (χ0n) is 10.9. The van der Waals surface area contributed by atoms with Gasteiger partial charge in [-0.15, -0.1) is 0 Å². The third-order valence-electron chi connectivity index (χ3n) is 2.77. The summed E-state index contributed by atoms with van der Waals surface area (Å²) in [6, 6.07) is 11.5. The molecule has 2 aromatic carbocycles. The lowest BCUT2D eigenvalue weighted by Crippen LogP contribution is -2.14. The predicted octanol–water partition coefficient (Wildman–Crippen LogP) is 3.05. The van der Waals surface area contributed by atoms with Crippen molar-refractivity contribution in [2.75, 3.05) is 7.11 Å². The number of thiocarbonyl (C=S) groups is 1. The molecule has 2 N–H and O–H groups in total. The molecule has 3 nitrogen and oxygen atoms in total. The van der Waals surface area contributed by atoms with Crippen molar-refractivity contribution in [1.29, 1.82) is 0 Å².